The largest absolute Gasteiger partial charge is 0.481 e. The highest BCUT2D eigenvalue weighted by Gasteiger charge is 2.33. The maximum Gasteiger partial charge on any atom is 0.256 e. The molecular formula is C16H26N2O3. The summed E-state index contributed by atoms with van der Waals surface area (Å²) in [5, 5.41) is 2.91. The van der Waals surface area contributed by atoms with Crippen LogP contribution in [0.3, 0.4) is 0 Å². The van der Waals surface area contributed by atoms with Gasteiger partial charge >= 0.3 is 0 Å². The zero-order chi connectivity index (χ0) is 15.9. The standard InChI is InChI=1S/C16H26N2O3/c1-6-8-11-16(4,21-7-2)15(19)18-13-9-10-14(20-5)17-12(13)3/h9-10H,6-8,11H2,1-5H3,(H,18,19)/t16-/m0/s1. The number of hydrogen-bond acceptors (Lipinski definition) is 4. The predicted octanol–water partition coefficient (Wildman–Crippen LogP) is 3.32. The van der Waals surface area contributed by atoms with E-state index < -0.39 is 5.60 Å². The summed E-state index contributed by atoms with van der Waals surface area (Å²) >= 11 is 0. The number of unbranched alkanes of at least 4 members (excludes halogenated alkanes) is 1. The number of aryl methyl sites for hydroxylation is 1. The highest BCUT2D eigenvalue weighted by atomic mass is 16.5. The number of nitrogens with one attached hydrogen (secondary N) is 1. The van der Waals surface area contributed by atoms with Crippen molar-refractivity contribution in [1.82, 2.24) is 4.98 Å². The molecule has 0 saturated carbocycles. The molecule has 0 bridgehead atoms. The van der Waals surface area contributed by atoms with Crippen LogP contribution in [0.4, 0.5) is 5.69 Å². The Hall–Kier alpha value is -1.62. The Morgan fingerprint density at radius 1 is 1.38 bits per heavy atom. The van der Waals surface area contributed by atoms with Gasteiger partial charge in [-0.1, -0.05) is 19.8 Å². The lowest BCUT2D eigenvalue weighted by Crippen LogP contribution is -2.43. The maximum absolute atomic E-state index is 12.5. The molecule has 0 fully saturated rings. The number of aromatic nitrogens is 1. The number of pyridine rings is 1. The first-order valence-electron chi connectivity index (χ1n) is 7.43. The van der Waals surface area contributed by atoms with Gasteiger partial charge in [-0.15, -0.1) is 0 Å². The number of anilines is 1. The van der Waals surface area contributed by atoms with Crippen LogP contribution in [-0.4, -0.2) is 30.2 Å². The normalized spacial score (nSPS) is 13.6. The van der Waals surface area contributed by atoms with E-state index in [0.29, 0.717) is 24.6 Å². The van der Waals surface area contributed by atoms with Gasteiger partial charge < -0.3 is 14.8 Å². The van der Waals surface area contributed by atoms with Gasteiger partial charge in [0.1, 0.15) is 5.60 Å². The predicted molar refractivity (Wildman–Crippen MR) is 83.7 cm³/mol. The van der Waals surface area contributed by atoms with E-state index >= 15 is 0 Å². The van der Waals surface area contributed by atoms with Crippen LogP contribution in [0.25, 0.3) is 0 Å². The first kappa shape index (κ1) is 17.4. The summed E-state index contributed by atoms with van der Waals surface area (Å²) in [5.41, 5.74) is 0.595. The molecule has 1 N–H and O–H groups in total. The summed E-state index contributed by atoms with van der Waals surface area (Å²) in [6.45, 7) is 8.18. The van der Waals surface area contributed by atoms with Crippen molar-refractivity contribution < 1.29 is 14.3 Å². The molecule has 0 aromatic carbocycles. The van der Waals surface area contributed by atoms with Crippen molar-refractivity contribution in [1.29, 1.82) is 0 Å². The fourth-order valence-corrected chi connectivity index (χ4v) is 2.12. The Morgan fingerprint density at radius 3 is 2.62 bits per heavy atom. The molecule has 0 spiro atoms. The van der Waals surface area contributed by atoms with Gasteiger partial charge in [0.2, 0.25) is 5.88 Å². The van der Waals surface area contributed by atoms with Gasteiger partial charge in [-0.2, -0.15) is 0 Å². The molecule has 0 radical (unpaired) electrons. The van der Waals surface area contributed by atoms with E-state index in [1.165, 1.54) is 0 Å². The summed E-state index contributed by atoms with van der Waals surface area (Å²) in [4.78, 5) is 16.8. The number of methoxy groups -OCH3 is 1. The van der Waals surface area contributed by atoms with Crippen molar-refractivity contribution >= 4 is 11.6 Å². The van der Waals surface area contributed by atoms with Gasteiger partial charge in [0, 0.05) is 12.7 Å². The number of amides is 1. The molecular weight excluding hydrogens is 268 g/mol. The van der Waals surface area contributed by atoms with Crippen molar-refractivity contribution in [2.75, 3.05) is 19.0 Å². The average molecular weight is 294 g/mol. The van der Waals surface area contributed by atoms with Crippen molar-refractivity contribution in [2.45, 2.75) is 52.6 Å². The van der Waals surface area contributed by atoms with Gasteiger partial charge in [-0.3, -0.25) is 4.79 Å². The summed E-state index contributed by atoms with van der Waals surface area (Å²) < 4.78 is 10.8. The van der Waals surface area contributed by atoms with E-state index in [1.807, 2.05) is 20.8 Å². The number of carbonyl (C=O) groups is 1. The Morgan fingerprint density at radius 2 is 2.10 bits per heavy atom. The van der Waals surface area contributed by atoms with Crippen LogP contribution in [0.5, 0.6) is 5.88 Å². The van der Waals surface area contributed by atoms with Crippen molar-refractivity contribution in [3.63, 3.8) is 0 Å². The first-order chi connectivity index (χ1) is 9.96. The molecule has 21 heavy (non-hydrogen) atoms. The van der Waals surface area contributed by atoms with Crippen molar-refractivity contribution in [3.8, 4) is 5.88 Å². The Labute approximate surface area is 127 Å². The molecule has 118 valence electrons. The number of ether oxygens (including phenoxy) is 2. The average Bonchev–Trinajstić information content (AvgIpc) is 2.47. The molecule has 5 nitrogen and oxygen atoms in total. The summed E-state index contributed by atoms with van der Waals surface area (Å²) in [7, 11) is 1.57. The minimum atomic E-state index is -0.808. The zero-order valence-electron chi connectivity index (χ0n) is 13.7. The van der Waals surface area contributed by atoms with Gasteiger partial charge in [0.05, 0.1) is 18.5 Å². The Bertz CT molecular complexity index is 477. The van der Waals surface area contributed by atoms with E-state index in [9.17, 15) is 4.79 Å². The van der Waals surface area contributed by atoms with Crippen LogP contribution >= 0.6 is 0 Å². The van der Waals surface area contributed by atoms with E-state index in [-0.39, 0.29) is 5.91 Å². The SMILES string of the molecule is CCCC[C@](C)(OCC)C(=O)Nc1ccc(OC)nc1C. The van der Waals surface area contributed by atoms with Gasteiger partial charge in [-0.05, 0) is 33.3 Å². The monoisotopic (exact) mass is 294 g/mol. The van der Waals surface area contributed by atoms with E-state index in [0.717, 1.165) is 18.5 Å². The molecule has 1 heterocycles. The third kappa shape index (κ3) is 4.70. The number of carbonyl (C=O) groups excluding carboxylic acids is 1. The lowest BCUT2D eigenvalue weighted by atomic mass is 9.97. The molecule has 0 unspecified atom stereocenters. The first-order valence-corrected chi connectivity index (χ1v) is 7.43. The van der Waals surface area contributed by atoms with E-state index in [2.05, 4.69) is 17.2 Å². The minimum absolute atomic E-state index is 0.132. The molecule has 0 aliphatic heterocycles. The smallest absolute Gasteiger partial charge is 0.256 e. The highest BCUT2D eigenvalue weighted by Crippen LogP contribution is 2.23. The molecule has 1 rings (SSSR count). The molecule has 1 amide bonds. The van der Waals surface area contributed by atoms with Crippen LogP contribution < -0.4 is 10.1 Å². The second-order valence-corrected chi connectivity index (χ2v) is 5.21. The molecule has 5 heteroatoms. The number of nitrogens with zero attached hydrogens (tertiary/aromatic N) is 1. The fourth-order valence-electron chi connectivity index (χ4n) is 2.12. The third-order valence-corrected chi connectivity index (χ3v) is 3.47. The molecule has 1 aromatic rings. The summed E-state index contributed by atoms with van der Waals surface area (Å²) in [6.07, 6.45) is 2.68. The minimum Gasteiger partial charge on any atom is -0.481 e. The summed E-state index contributed by atoms with van der Waals surface area (Å²) in [5.74, 6) is 0.400. The van der Waals surface area contributed by atoms with Gasteiger partial charge in [0.15, 0.2) is 0 Å². The molecule has 1 aromatic heterocycles. The summed E-state index contributed by atoms with van der Waals surface area (Å²) in [6, 6.07) is 3.53. The Balaban J connectivity index is 2.86. The second kappa shape index (κ2) is 7.98. The second-order valence-electron chi connectivity index (χ2n) is 5.21. The molecule has 0 saturated heterocycles. The van der Waals surface area contributed by atoms with Crippen LogP contribution in [0.2, 0.25) is 0 Å². The van der Waals surface area contributed by atoms with E-state index in [4.69, 9.17) is 9.47 Å². The third-order valence-electron chi connectivity index (χ3n) is 3.47. The van der Waals surface area contributed by atoms with Gasteiger partial charge in [0.25, 0.3) is 5.91 Å². The fraction of sp³-hybridized carbons (Fsp3) is 0.625. The van der Waals surface area contributed by atoms with Gasteiger partial charge in [-0.25, -0.2) is 4.98 Å². The van der Waals surface area contributed by atoms with Crippen molar-refractivity contribution in [3.05, 3.63) is 17.8 Å². The quantitative estimate of drug-likeness (QED) is 0.799. The number of hydrogen-bond donors (Lipinski definition) is 1. The van der Waals surface area contributed by atoms with E-state index in [1.54, 1.807) is 19.2 Å². The lowest BCUT2D eigenvalue weighted by Gasteiger charge is -2.28. The van der Waals surface area contributed by atoms with Crippen LogP contribution in [-0.2, 0) is 9.53 Å². The topological polar surface area (TPSA) is 60.5 Å². The highest BCUT2D eigenvalue weighted by molar-refractivity contribution is 5.97. The lowest BCUT2D eigenvalue weighted by molar-refractivity contribution is -0.139. The Kier molecular flexibility index (Phi) is 6.62. The number of rotatable bonds is 8. The van der Waals surface area contributed by atoms with Crippen LogP contribution in [0.1, 0.15) is 45.7 Å². The van der Waals surface area contributed by atoms with Crippen LogP contribution in [0, 0.1) is 6.92 Å². The molecule has 0 aliphatic rings. The zero-order valence-corrected chi connectivity index (χ0v) is 13.7. The van der Waals surface area contributed by atoms with Crippen molar-refractivity contribution in [2.24, 2.45) is 0 Å². The molecule has 0 aliphatic carbocycles. The maximum atomic E-state index is 12.5. The molecule has 1 atom stereocenters. The van der Waals surface area contributed by atoms with Crippen LogP contribution in [0.15, 0.2) is 12.1 Å².